The van der Waals surface area contributed by atoms with Crippen LogP contribution in [0.1, 0.15) is 38.3 Å². The van der Waals surface area contributed by atoms with Crippen LogP contribution >= 0.6 is 0 Å². The maximum absolute atomic E-state index is 9.60. The summed E-state index contributed by atoms with van der Waals surface area (Å²) in [6.07, 6.45) is 4.14. The molecule has 1 fully saturated rings. The van der Waals surface area contributed by atoms with Crippen LogP contribution in [0.25, 0.3) is 0 Å². The first-order valence-corrected chi connectivity index (χ1v) is 6.81. The summed E-state index contributed by atoms with van der Waals surface area (Å²) in [5, 5.41) is 9.60. The summed E-state index contributed by atoms with van der Waals surface area (Å²) in [5.74, 6) is 1.00. The molecule has 0 aliphatic carbocycles. The van der Waals surface area contributed by atoms with E-state index < -0.39 is 0 Å². The van der Waals surface area contributed by atoms with Crippen molar-refractivity contribution in [3.8, 4) is 0 Å². The molecule has 2 atom stereocenters. The summed E-state index contributed by atoms with van der Waals surface area (Å²) in [4.78, 5) is 6.92. The summed E-state index contributed by atoms with van der Waals surface area (Å²) >= 11 is 0. The number of nitrogens with zero attached hydrogens (tertiary/aromatic N) is 2. The molecule has 1 aromatic rings. The number of pyridine rings is 1. The minimum Gasteiger partial charge on any atom is -0.393 e. The van der Waals surface area contributed by atoms with E-state index in [0.29, 0.717) is 12.6 Å². The summed E-state index contributed by atoms with van der Waals surface area (Å²) in [6.45, 7) is 3.36. The first-order chi connectivity index (χ1) is 8.70. The summed E-state index contributed by atoms with van der Waals surface area (Å²) < 4.78 is 0. The number of hydrogen-bond acceptors (Lipinski definition) is 4. The third-order valence-corrected chi connectivity index (χ3v) is 3.54. The fraction of sp³-hybridized carbons (Fsp3) is 0.643. The third kappa shape index (κ3) is 3.21. The van der Waals surface area contributed by atoms with Crippen LogP contribution < -0.4 is 10.6 Å². The van der Waals surface area contributed by atoms with E-state index >= 15 is 0 Å². The van der Waals surface area contributed by atoms with Gasteiger partial charge in [0.25, 0.3) is 0 Å². The number of nitrogens with two attached hydrogens (primary N) is 1. The number of piperidine rings is 1. The molecular formula is C14H23N3O. The smallest absolute Gasteiger partial charge is 0.129 e. The first-order valence-electron chi connectivity index (χ1n) is 6.81. The van der Waals surface area contributed by atoms with E-state index in [1.807, 2.05) is 25.1 Å². The first kappa shape index (κ1) is 13.3. The lowest BCUT2D eigenvalue weighted by Gasteiger charge is -2.37. The van der Waals surface area contributed by atoms with Crippen LogP contribution in [0, 0.1) is 0 Å². The van der Waals surface area contributed by atoms with Gasteiger partial charge in [0.2, 0.25) is 0 Å². The van der Waals surface area contributed by atoms with Gasteiger partial charge in [-0.25, -0.2) is 4.98 Å². The van der Waals surface area contributed by atoms with Gasteiger partial charge < -0.3 is 15.7 Å². The van der Waals surface area contributed by atoms with Crippen molar-refractivity contribution in [3.63, 3.8) is 0 Å². The number of aromatic nitrogens is 1. The van der Waals surface area contributed by atoms with E-state index in [2.05, 4.69) is 9.88 Å². The monoisotopic (exact) mass is 249 g/mol. The lowest BCUT2D eigenvalue weighted by atomic mass is 9.97. The molecule has 1 saturated heterocycles. The Labute approximate surface area is 109 Å². The van der Waals surface area contributed by atoms with Crippen molar-refractivity contribution < 1.29 is 5.11 Å². The predicted molar refractivity (Wildman–Crippen MR) is 73.4 cm³/mol. The molecule has 18 heavy (non-hydrogen) atoms. The van der Waals surface area contributed by atoms with Gasteiger partial charge in [-0.05, 0) is 44.7 Å². The highest BCUT2D eigenvalue weighted by Gasteiger charge is 2.24. The molecular weight excluding hydrogens is 226 g/mol. The third-order valence-electron chi connectivity index (χ3n) is 3.54. The van der Waals surface area contributed by atoms with Gasteiger partial charge in [0.1, 0.15) is 5.82 Å². The molecule has 2 rings (SSSR count). The van der Waals surface area contributed by atoms with E-state index in [1.165, 1.54) is 12.8 Å². The normalized spacial score (nSPS) is 21.9. The zero-order chi connectivity index (χ0) is 13.0. The topological polar surface area (TPSA) is 62.4 Å². The fourth-order valence-corrected chi connectivity index (χ4v) is 2.68. The largest absolute Gasteiger partial charge is 0.393 e. The van der Waals surface area contributed by atoms with Crippen molar-refractivity contribution in [2.45, 2.75) is 51.3 Å². The molecule has 100 valence electrons. The van der Waals surface area contributed by atoms with E-state index in [1.54, 1.807) is 0 Å². The van der Waals surface area contributed by atoms with Crippen LogP contribution in [0.5, 0.6) is 0 Å². The second-order valence-corrected chi connectivity index (χ2v) is 5.12. The molecule has 0 bridgehead atoms. The van der Waals surface area contributed by atoms with Gasteiger partial charge in [-0.1, -0.05) is 6.07 Å². The van der Waals surface area contributed by atoms with Crippen LogP contribution in [-0.4, -0.2) is 28.8 Å². The zero-order valence-electron chi connectivity index (χ0n) is 11.0. The van der Waals surface area contributed by atoms with E-state index in [9.17, 15) is 5.11 Å². The van der Waals surface area contributed by atoms with Gasteiger partial charge in [-0.2, -0.15) is 0 Å². The second kappa shape index (κ2) is 6.16. The number of hydrogen-bond donors (Lipinski definition) is 2. The molecule has 0 radical (unpaired) electrons. The van der Waals surface area contributed by atoms with Gasteiger partial charge in [0.15, 0.2) is 0 Å². The summed E-state index contributed by atoms with van der Waals surface area (Å²) in [7, 11) is 0. The second-order valence-electron chi connectivity index (χ2n) is 5.12. The van der Waals surface area contributed by atoms with Crippen molar-refractivity contribution in [2.75, 3.05) is 11.4 Å². The van der Waals surface area contributed by atoms with Crippen LogP contribution in [0.2, 0.25) is 0 Å². The van der Waals surface area contributed by atoms with Crippen LogP contribution in [0.15, 0.2) is 18.2 Å². The fourth-order valence-electron chi connectivity index (χ4n) is 2.68. The highest BCUT2D eigenvalue weighted by Crippen LogP contribution is 2.26. The minimum atomic E-state index is -0.256. The molecule has 0 amide bonds. The predicted octanol–water partition coefficient (Wildman–Crippen LogP) is 1.67. The molecule has 1 aliphatic rings. The van der Waals surface area contributed by atoms with E-state index in [0.717, 1.165) is 30.9 Å². The van der Waals surface area contributed by atoms with Gasteiger partial charge in [-0.15, -0.1) is 0 Å². The van der Waals surface area contributed by atoms with Gasteiger partial charge in [-0.3, -0.25) is 0 Å². The Morgan fingerprint density at radius 3 is 3.06 bits per heavy atom. The summed E-state index contributed by atoms with van der Waals surface area (Å²) in [5.41, 5.74) is 6.57. The van der Waals surface area contributed by atoms with Gasteiger partial charge >= 0.3 is 0 Å². The Balaban J connectivity index is 2.16. The Hall–Kier alpha value is -1.13. The standard InChI is InChI=1S/C14H23N3O/c1-11(18)9-13-6-2-3-8-17(13)14-7-4-5-12(10-15)16-14/h4-5,7,11,13,18H,2-3,6,8-10,15H2,1H3. The Bertz CT molecular complexity index is 381. The quantitative estimate of drug-likeness (QED) is 0.852. The Kier molecular flexibility index (Phi) is 4.55. The maximum atomic E-state index is 9.60. The van der Waals surface area contributed by atoms with Gasteiger partial charge in [0, 0.05) is 19.1 Å². The van der Waals surface area contributed by atoms with Crippen molar-refractivity contribution >= 4 is 5.82 Å². The number of aliphatic hydroxyl groups is 1. The van der Waals surface area contributed by atoms with Crippen LogP contribution in [0.4, 0.5) is 5.82 Å². The Morgan fingerprint density at radius 1 is 1.50 bits per heavy atom. The SMILES string of the molecule is CC(O)CC1CCCCN1c1cccc(CN)n1. The number of anilines is 1. The van der Waals surface area contributed by atoms with Crippen molar-refractivity contribution in [1.82, 2.24) is 4.98 Å². The van der Waals surface area contributed by atoms with Crippen LogP contribution in [0.3, 0.4) is 0 Å². The lowest BCUT2D eigenvalue weighted by molar-refractivity contribution is 0.167. The molecule has 4 nitrogen and oxygen atoms in total. The Morgan fingerprint density at radius 2 is 2.33 bits per heavy atom. The number of aliphatic hydroxyl groups excluding tert-OH is 1. The van der Waals surface area contributed by atoms with E-state index in [-0.39, 0.29) is 6.10 Å². The molecule has 2 heterocycles. The highest BCUT2D eigenvalue weighted by molar-refractivity contribution is 5.41. The molecule has 1 aliphatic heterocycles. The minimum absolute atomic E-state index is 0.256. The average Bonchev–Trinajstić information content (AvgIpc) is 2.39. The molecule has 0 spiro atoms. The van der Waals surface area contributed by atoms with E-state index in [4.69, 9.17) is 5.73 Å². The van der Waals surface area contributed by atoms with Crippen molar-refractivity contribution in [3.05, 3.63) is 23.9 Å². The summed E-state index contributed by atoms with van der Waals surface area (Å²) in [6, 6.07) is 6.41. The molecule has 2 unspecified atom stereocenters. The zero-order valence-corrected chi connectivity index (χ0v) is 11.0. The molecule has 1 aromatic heterocycles. The molecule has 0 aromatic carbocycles. The van der Waals surface area contributed by atoms with Crippen LogP contribution in [-0.2, 0) is 6.54 Å². The highest BCUT2D eigenvalue weighted by atomic mass is 16.3. The maximum Gasteiger partial charge on any atom is 0.129 e. The molecule has 4 heteroatoms. The molecule has 0 saturated carbocycles. The number of rotatable bonds is 4. The average molecular weight is 249 g/mol. The van der Waals surface area contributed by atoms with Crippen molar-refractivity contribution in [1.29, 1.82) is 0 Å². The van der Waals surface area contributed by atoms with Crippen molar-refractivity contribution in [2.24, 2.45) is 5.73 Å². The lowest BCUT2D eigenvalue weighted by Crippen LogP contribution is -2.41. The molecule has 3 N–H and O–H groups in total. The van der Waals surface area contributed by atoms with Gasteiger partial charge in [0.05, 0.1) is 11.8 Å².